The molecule has 0 aliphatic carbocycles. The summed E-state index contributed by atoms with van der Waals surface area (Å²) in [5, 5.41) is 3.63. The average Bonchev–Trinajstić information content (AvgIpc) is 2.70. The third kappa shape index (κ3) is 4.48. The summed E-state index contributed by atoms with van der Waals surface area (Å²) in [5.74, 6) is 0.635. The third-order valence-electron chi connectivity index (χ3n) is 3.05. The Morgan fingerprint density at radius 1 is 1.41 bits per heavy atom. The Morgan fingerprint density at radius 3 is 2.65 bits per heavy atom. The molecule has 4 nitrogen and oxygen atoms in total. The Morgan fingerprint density at radius 2 is 2.12 bits per heavy atom. The van der Waals surface area contributed by atoms with Crippen LogP contribution in [0.2, 0.25) is 0 Å². The van der Waals surface area contributed by atoms with Gasteiger partial charge in [-0.25, -0.2) is 4.98 Å². The summed E-state index contributed by atoms with van der Waals surface area (Å²) in [7, 11) is 4.24. The smallest absolute Gasteiger partial charge is 0.0948 e. The van der Waals surface area contributed by atoms with E-state index in [1.165, 1.54) is 5.69 Å². The second kappa shape index (κ2) is 6.77. The zero-order valence-corrected chi connectivity index (χ0v) is 11.8. The number of nitrogens with one attached hydrogen (secondary N) is 1. The van der Waals surface area contributed by atoms with Crippen LogP contribution in [-0.2, 0) is 13.1 Å². The van der Waals surface area contributed by atoms with Crippen LogP contribution in [0.1, 0.15) is 26.5 Å². The Balaban J connectivity index is 2.51. The van der Waals surface area contributed by atoms with E-state index in [0.717, 1.165) is 19.6 Å². The Kier molecular flexibility index (Phi) is 5.65. The van der Waals surface area contributed by atoms with E-state index in [2.05, 4.69) is 54.6 Å². The van der Waals surface area contributed by atoms with Crippen molar-refractivity contribution in [2.75, 3.05) is 20.6 Å². The van der Waals surface area contributed by atoms with Gasteiger partial charge < -0.3 is 14.8 Å². The molecule has 1 aromatic heterocycles. The zero-order valence-electron chi connectivity index (χ0n) is 11.8. The van der Waals surface area contributed by atoms with E-state index < -0.39 is 0 Å². The highest BCUT2D eigenvalue weighted by Gasteiger charge is 2.14. The van der Waals surface area contributed by atoms with Crippen molar-refractivity contribution in [1.29, 1.82) is 0 Å². The first-order chi connectivity index (χ1) is 8.04. The Hall–Kier alpha value is -0.870. The summed E-state index contributed by atoms with van der Waals surface area (Å²) in [4.78, 5) is 6.42. The second-order valence-electron chi connectivity index (χ2n) is 5.16. The molecule has 0 saturated heterocycles. The molecule has 0 radical (unpaired) electrons. The van der Waals surface area contributed by atoms with Crippen molar-refractivity contribution in [2.24, 2.45) is 5.92 Å². The number of aryl methyl sites for hydroxylation is 1. The highest BCUT2D eigenvalue weighted by atomic mass is 15.1. The lowest BCUT2D eigenvalue weighted by molar-refractivity contribution is 0.286. The van der Waals surface area contributed by atoms with E-state index in [0.29, 0.717) is 12.0 Å². The molecule has 98 valence electrons. The number of aromatic nitrogens is 2. The molecule has 0 amide bonds. The maximum absolute atomic E-state index is 4.19. The first-order valence-electron chi connectivity index (χ1n) is 6.41. The number of nitrogens with zero attached hydrogens (tertiary/aromatic N) is 3. The molecule has 1 N–H and O–H groups in total. The monoisotopic (exact) mass is 238 g/mol. The molecule has 17 heavy (non-hydrogen) atoms. The van der Waals surface area contributed by atoms with Crippen molar-refractivity contribution in [3.8, 4) is 0 Å². The van der Waals surface area contributed by atoms with Gasteiger partial charge >= 0.3 is 0 Å². The van der Waals surface area contributed by atoms with Crippen molar-refractivity contribution < 1.29 is 0 Å². The molecule has 4 heteroatoms. The van der Waals surface area contributed by atoms with Gasteiger partial charge in [0.2, 0.25) is 0 Å². The standard InChI is InChI=1S/C13H26N4/c1-6-17-10-14-7-12(17)8-15-13(11(2)3)9-16(4)5/h7,10-11,13,15H,6,8-9H2,1-5H3. The van der Waals surface area contributed by atoms with E-state index in [1.54, 1.807) is 0 Å². The summed E-state index contributed by atoms with van der Waals surface area (Å²) in [6, 6.07) is 0.519. The molecular weight excluding hydrogens is 212 g/mol. The van der Waals surface area contributed by atoms with Crippen molar-refractivity contribution in [2.45, 2.75) is 39.9 Å². The average molecular weight is 238 g/mol. The van der Waals surface area contributed by atoms with E-state index >= 15 is 0 Å². The van der Waals surface area contributed by atoms with E-state index in [1.807, 2.05) is 12.5 Å². The first kappa shape index (κ1) is 14.2. The molecule has 0 saturated carbocycles. The molecule has 0 fully saturated rings. The predicted octanol–water partition coefficient (Wildman–Crippen LogP) is 1.58. The summed E-state index contributed by atoms with van der Waals surface area (Å²) in [6.45, 7) is 9.61. The van der Waals surface area contributed by atoms with Crippen LogP contribution >= 0.6 is 0 Å². The summed E-state index contributed by atoms with van der Waals surface area (Å²) in [5.41, 5.74) is 1.26. The molecule has 0 spiro atoms. The van der Waals surface area contributed by atoms with Gasteiger partial charge in [0.15, 0.2) is 0 Å². The highest BCUT2D eigenvalue weighted by Crippen LogP contribution is 2.05. The van der Waals surface area contributed by atoms with Crippen LogP contribution in [0.15, 0.2) is 12.5 Å². The fraction of sp³-hybridized carbons (Fsp3) is 0.769. The Labute approximate surface area is 105 Å². The van der Waals surface area contributed by atoms with Gasteiger partial charge in [0.05, 0.1) is 12.0 Å². The number of rotatable bonds is 7. The zero-order chi connectivity index (χ0) is 12.8. The van der Waals surface area contributed by atoms with Gasteiger partial charge in [0.1, 0.15) is 0 Å². The van der Waals surface area contributed by atoms with Crippen LogP contribution in [0.25, 0.3) is 0 Å². The lowest BCUT2D eigenvalue weighted by atomic mass is 10.0. The maximum Gasteiger partial charge on any atom is 0.0948 e. The predicted molar refractivity (Wildman–Crippen MR) is 71.9 cm³/mol. The van der Waals surface area contributed by atoms with Gasteiger partial charge in [-0.05, 0) is 26.9 Å². The topological polar surface area (TPSA) is 33.1 Å². The summed E-state index contributed by atoms with van der Waals surface area (Å²) >= 11 is 0. The quantitative estimate of drug-likeness (QED) is 0.783. The number of imidazole rings is 1. The van der Waals surface area contributed by atoms with Crippen LogP contribution in [0.3, 0.4) is 0 Å². The van der Waals surface area contributed by atoms with Gasteiger partial charge in [0.25, 0.3) is 0 Å². The van der Waals surface area contributed by atoms with E-state index in [-0.39, 0.29) is 0 Å². The van der Waals surface area contributed by atoms with Crippen LogP contribution < -0.4 is 5.32 Å². The van der Waals surface area contributed by atoms with Crippen LogP contribution in [0.4, 0.5) is 0 Å². The minimum atomic E-state index is 0.519. The number of hydrogen-bond acceptors (Lipinski definition) is 3. The molecule has 1 heterocycles. The lowest BCUT2D eigenvalue weighted by Crippen LogP contribution is -2.41. The molecule has 1 unspecified atom stereocenters. The summed E-state index contributed by atoms with van der Waals surface area (Å²) < 4.78 is 2.18. The second-order valence-corrected chi connectivity index (χ2v) is 5.16. The molecule has 0 bridgehead atoms. The molecular formula is C13H26N4. The normalized spacial score (nSPS) is 13.6. The largest absolute Gasteiger partial charge is 0.334 e. The summed E-state index contributed by atoms with van der Waals surface area (Å²) in [6.07, 6.45) is 3.84. The lowest BCUT2D eigenvalue weighted by Gasteiger charge is -2.25. The van der Waals surface area contributed by atoms with Crippen molar-refractivity contribution in [1.82, 2.24) is 19.8 Å². The fourth-order valence-corrected chi connectivity index (χ4v) is 1.92. The third-order valence-corrected chi connectivity index (χ3v) is 3.05. The van der Waals surface area contributed by atoms with Gasteiger partial charge in [-0.15, -0.1) is 0 Å². The SMILES string of the molecule is CCn1cncc1CNC(CN(C)C)C(C)C. The van der Waals surface area contributed by atoms with Crippen LogP contribution in [-0.4, -0.2) is 41.1 Å². The first-order valence-corrected chi connectivity index (χ1v) is 6.41. The minimum Gasteiger partial charge on any atom is -0.334 e. The molecule has 0 aliphatic heterocycles. The van der Waals surface area contributed by atoms with Gasteiger partial charge in [-0.2, -0.15) is 0 Å². The Bertz CT molecular complexity index is 317. The van der Waals surface area contributed by atoms with E-state index in [9.17, 15) is 0 Å². The van der Waals surface area contributed by atoms with Gasteiger partial charge in [-0.3, -0.25) is 0 Å². The molecule has 0 aromatic carbocycles. The van der Waals surface area contributed by atoms with Gasteiger partial charge in [0, 0.05) is 31.9 Å². The molecule has 1 atom stereocenters. The van der Waals surface area contributed by atoms with Crippen molar-refractivity contribution in [3.05, 3.63) is 18.2 Å². The van der Waals surface area contributed by atoms with Gasteiger partial charge in [-0.1, -0.05) is 13.8 Å². The number of likely N-dealkylation sites (N-methyl/N-ethyl adjacent to an activating group) is 1. The number of hydrogen-bond donors (Lipinski definition) is 1. The highest BCUT2D eigenvalue weighted by molar-refractivity contribution is 4.98. The van der Waals surface area contributed by atoms with Crippen molar-refractivity contribution in [3.63, 3.8) is 0 Å². The van der Waals surface area contributed by atoms with Crippen LogP contribution in [0, 0.1) is 5.92 Å². The minimum absolute atomic E-state index is 0.519. The van der Waals surface area contributed by atoms with Crippen LogP contribution in [0.5, 0.6) is 0 Å². The van der Waals surface area contributed by atoms with E-state index in [4.69, 9.17) is 0 Å². The fourth-order valence-electron chi connectivity index (χ4n) is 1.92. The molecule has 0 aliphatic rings. The van der Waals surface area contributed by atoms with Crippen molar-refractivity contribution >= 4 is 0 Å². The molecule has 1 aromatic rings. The maximum atomic E-state index is 4.19. The molecule has 1 rings (SSSR count).